The minimum Gasteiger partial charge on any atom is -0.465 e. The fraction of sp³-hybridized carbons (Fsp3) is 0.900. The molecule has 1 aliphatic rings. The summed E-state index contributed by atoms with van der Waals surface area (Å²) in [4.78, 5) is 11.7. The summed E-state index contributed by atoms with van der Waals surface area (Å²) in [6.07, 6.45) is 2.97. The second kappa shape index (κ2) is 5.32. The SMILES string of the molecule is CCOC(=O)C1(COC)CCCCN1. The average Bonchev–Trinajstić information content (AvgIpc) is 2.20. The van der Waals surface area contributed by atoms with Gasteiger partial charge in [-0.05, 0) is 32.7 Å². The van der Waals surface area contributed by atoms with Crippen LogP contribution in [-0.4, -0.2) is 38.4 Å². The Labute approximate surface area is 85.0 Å². The zero-order valence-corrected chi connectivity index (χ0v) is 8.97. The first-order valence-corrected chi connectivity index (χ1v) is 5.16. The van der Waals surface area contributed by atoms with Crippen LogP contribution in [-0.2, 0) is 14.3 Å². The van der Waals surface area contributed by atoms with Gasteiger partial charge in [0, 0.05) is 7.11 Å². The van der Waals surface area contributed by atoms with E-state index >= 15 is 0 Å². The summed E-state index contributed by atoms with van der Waals surface area (Å²) in [6.45, 7) is 3.50. The lowest BCUT2D eigenvalue weighted by molar-refractivity contribution is -0.155. The maximum absolute atomic E-state index is 11.7. The van der Waals surface area contributed by atoms with Crippen LogP contribution in [0.15, 0.2) is 0 Å². The number of carbonyl (C=O) groups excluding carboxylic acids is 1. The number of rotatable bonds is 4. The molecule has 0 aromatic rings. The molecule has 82 valence electrons. The predicted molar refractivity (Wildman–Crippen MR) is 53.1 cm³/mol. The molecule has 1 saturated heterocycles. The second-order valence-corrected chi connectivity index (χ2v) is 3.62. The van der Waals surface area contributed by atoms with E-state index in [1.165, 1.54) is 0 Å². The Balaban J connectivity index is 2.63. The smallest absolute Gasteiger partial charge is 0.328 e. The Morgan fingerprint density at radius 3 is 2.79 bits per heavy atom. The number of hydrogen-bond donors (Lipinski definition) is 1. The van der Waals surface area contributed by atoms with Gasteiger partial charge in [0.25, 0.3) is 0 Å². The van der Waals surface area contributed by atoms with E-state index in [9.17, 15) is 4.79 Å². The van der Waals surface area contributed by atoms with Gasteiger partial charge in [-0.3, -0.25) is 5.32 Å². The molecule has 0 aromatic carbocycles. The molecular formula is C10H19NO3. The van der Waals surface area contributed by atoms with Crippen molar-refractivity contribution in [2.45, 2.75) is 31.7 Å². The van der Waals surface area contributed by atoms with Crippen molar-refractivity contribution in [2.75, 3.05) is 26.9 Å². The first-order chi connectivity index (χ1) is 6.75. The highest BCUT2D eigenvalue weighted by Crippen LogP contribution is 2.21. The van der Waals surface area contributed by atoms with E-state index in [-0.39, 0.29) is 5.97 Å². The quantitative estimate of drug-likeness (QED) is 0.680. The molecule has 0 aliphatic carbocycles. The van der Waals surface area contributed by atoms with E-state index < -0.39 is 5.54 Å². The summed E-state index contributed by atoms with van der Waals surface area (Å²) in [5, 5.41) is 3.22. The molecule has 1 fully saturated rings. The molecule has 4 heteroatoms. The van der Waals surface area contributed by atoms with Crippen LogP contribution in [0.25, 0.3) is 0 Å². The van der Waals surface area contributed by atoms with Crippen LogP contribution in [0.2, 0.25) is 0 Å². The highest BCUT2D eigenvalue weighted by atomic mass is 16.5. The van der Waals surface area contributed by atoms with E-state index in [4.69, 9.17) is 9.47 Å². The topological polar surface area (TPSA) is 47.6 Å². The Bertz CT molecular complexity index is 182. The van der Waals surface area contributed by atoms with Crippen molar-refractivity contribution in [3.05, 3.63) is 0 Å². The van der Waals surface area contributed by atoms with E-state index in [1.807, 2.05) is 6.92 Å². The molecule has 14 heavy (non-hydrogen) atoms. The molecule has 0 aromatic heterocycles. The number of esters is 1. The molecule has 1 unspecified atom stereocenters. The lowest BCUT2D eigenvalue weighted by Gasteiger charge is -2.35. The highest BCUT2D eigenvalue weighted by molar-refractivity contribution is 5.81. The zero-order valence-electron chi connectivity index (χ0n) is 8.97. The van der Waals surface area contributed by atoms with Gasteiger partial charge in [-0.2, -0.15) is 0 Å². The Hall–Kier alpha value is -0.610. The molecule has 0 bridgehead atoms. The summed E-state index contributed by atoms with van der Waals surface area (Å²) in [7, 11) is 1.61. The lowest BCUT2D eigenvalue weighted by Crippen LogP contribution is -2.58. The summed E-state index contributed by atoms with van der Waals surface area (Å²) in [5.41, 5.74) is -0.594. The maximum Gasteiger partial charge on any atom is 0.328 e. The summed E-state index contributed by atoms with van der Waals surface area (Å²) in [5.74, 6) is -0.179. The third kappa shape index (κ3) is 2.45. The van der Waals surface area contributed by atoms with Crippen LogP contribution in [0, 0.1) is 0 Å². The summed E-state index contributed by atoms with van der Waals surface area (Å²) >= 11 is 0. The highest BCUT2D eigenvalue weighted by Gasteiger charge is 2.40. The van der Waals surface area contributed by atoms with Crippen molar-refractivity contribution < 1.29 is 14.3 Å². The molecule has 1 heterocycles. The standard InChI is InChI=1S/C10H19NO3/c1-3-14-9(12)10(8-13-2)6-4-5-7-11-10/h11H,3-8H2,1-2H3. The number of carbonyl (C=O) groups is 1. The number of ether oxygens (including phenoxy) is 2. The van der Waals surface area contributed by atoms with Crippen LogP contribution in [0.4, 0.5) is 0 Å². The number of hydrogen-bond acceptors (Lipinski definition) is 4. The van der Waals surface area contributed by atoms with E-state index in [1.54, 1.807) is 7.11 Å². The zero-order chi connectivity index (χ0) is 10.4. The van der Waals surface area contributed by atoms with E-state index in [0.29, 0.717) is 13.2 Å². The largest absolute Gasteiger partial charge is 0.465 e. The van der Waals surface area contributed by atoms with Crippen molar-refractivity contribution in [3.63, 3.8) is 0 Å². The third-order valence-electron chi connectivity index (χ3n) is 2.55. The lowest BCUT2D eigenvalue weighted by atomic mass is 9.90. The van der Waals surface area contributed by atoms with Crippen molar-refractivity contribution in [1.82, 2.24) is 5.32 Å². The average molecular weight is 201 g/mol. The molecular weight excluding hydrogens is 182 g/mol. The van der Waals surface area contributed by atoms with Gasteiger partial charge >= 0.3 is 5.97 Å². The van der Waals surface area contributed by atoms with Gasteiger partial charge in [0.1, 0.15) is 5.54 Å². The van der Waals surface area contributed by atoms with Crippen LogP contribution in [0.1, 0.15) is 26.2 Å². The maximum atomic E-state index is 11.7. The first kappa shape index (κ1) is 11.5. The Morgan fingerprint density at radius 1 is 1.50 bits per heavy atom. The van der Waals surface area contributed by atoms with Gasteiger partial charge in [-0.25, -0.2) is 4.79 Å². The molecule has 1 atom stereocenters. The normalized spacial score (nSPS) is 27.3. The number of piperidine rings is 1. The van der Waals surface area contributed by atoms with Crippen molar-refractivity contribution >= 4 is 5.97 Å². The number of nitrogens with one attached hydrogen (secondary N) is 1. The van der Waals surface area contributed by atoms with Crippen molar-refractivity contribution in [1.29, 1.82) is 0 Å². The van der Waals surface area contributed by atoms with Crippen LogP contribution in [0.3, 0.4) is 0 Å². The minimum absolute atomic E-state index is 0.179. The molecule has 1 rings (SSSR count). The fourth-order valence-corrected chi connectivity index (χ4v) is 1.84. The van der Waals surface area contributed by atoms with Gasteiger partial charge in [-0.15, -0.1) is 0 Å². The van der Waals surface area contributed by atoms with E-state index in [0.717, 1.165) is 25.8 Å². The minimum atomic E-state index is -0.594. The van der Waals surface area contributed by atoms with Gasteiger partial charge in [0.2, 0.25) is 0 Å². The molecule has 0 spiro atoms. The number of methoxy groups -OCH3 is 1. The summed E-state index contributed by atoms with van der Waals surface area (Å²) in [6, 6.07) is 0. The molecule has 0 amide bonds. The third-order valence-corrected chi connectivity index (χ3v) is 2.55. The monoisotopic (exact) mass is 201 g/mol. The van der Waals surface area contributed by atoms with Crippen molar-refractivity contribution in [3.8, 4) is 0 Å². The van der Waals surface area contributed by atoms with Gasteiger partial charge in [0.05, 0.1) is 13.2 Å². The molecule has 4 nitrogen and oxygen atoms in total. The van der Waals surface area contributed by atoms with Gasteiger partial charge < -0.3 is 9.47 Å². The molecule has 0 radical (unpaired) electrons. The fourth-order valence-electron chi connectivity index (χ4n) is 1.84. The molecule has 0 saturated carbocycles. The summed E-state index contributed by atoms with van der Waals surface area (Å²) < 4.78 is 10.1. The van der Waals surface area contributed by atoms with Crippen LogP contribution >= 0.6 is 0 Å². The van der Waals surface area contributed by atoms with Crippen LogP contribution in [0.5, 0.6) is 0 Å². The molecule has 1 aliphatic heterocycles. The second-order valence-electron chi connectivity index (χ2n) is 3.62. The first-order valence-electron chi connectivity index (χ1n) is 5.16. The van der Waals surface area contributed by atoms with Gasteiger partial charge in [-0.1, -0.05) is 0 Å². The van der Waals surface area contributed by atoms with E-state index in [2.05, 4.69) is 5.32 Å². The molecule has 1 N–H and O–H groups in total. The predicted octanol–water partition coefficient (Wildman–Crippen LogP) is 0.708. The van der Waals surface area contributed by atoms with Crippen molar-refractivity contribution in [2.24, 2.45) is 0 Å². The Kier molecular flexibility index (Phi) is 4.35. The Morgan fingerprint density at radius 2 is 2.29 bits per heavy atom. The van der Waals surface area contributed by atoms with Crippen LogP contribution < -0.4 is 5.32 Å². The van der Waals surface area contributed by atoms with Gasteiger partial charge in [0.15, 0.2) is 0 Å².